The fraction of sp³-hybridized carbons (Fsp3) is 0.333. The SMILES string of the molecule is Cc1nscc1C(=O)N1CCc2ccccc2C1CO. The van der Waals surface area contributed by atoms with Crippen molar-refractivity contribution in [2.24, 2.45) is 0 Å². The Balaban J connectivity index is 1.96. The van der Waals surface area contributed by atoms with Crippen LogP contribution in [0.25, 0.3) is 0 Å². The second kappa shape index (κ2) is 5.34. The molecular weight excluding hydrogens is 272 g/mol. The standard InChI is InChI=1S/C15H16N2O2S/c1-10-13(9-20-16-10)15(19)17-7-6-11-4-2-3-5-12(11)14(17)8-18/h2-5,9,14,18H,6-8H2,1H3. The maximum absolute atomic E-state index is 12.6. The first kappa shape index (κ1) is 13.3. The van der Waals surface area contributed by atoms with E-state index in [0.717, 1.165) is 17.7 Å². The summed E-state index contributed by atoms with van der Waals surface area (Å²) in [5, 5.41) is 11.5. The molecule has 1 atom stereocenters. The third kappa shape index (κ3) is 2.13. The largest absolute Gasteiger partial charge is 0.394 e. The van der Waals surface area contributed by atoms with Gasteiger partial charge in [0, 0.05) is 11.9 Å². The number of carbonyl (C=O) groups is 1. The fourth-order valence-electron chi connectivity index (χ4n) is 2.74. The molecule has 0 saturated carbocycles. The lowest BCUT2D eigenvalue weighted by Crippen LogP contribution is -2.41. The van der Waals surface area contributed by atoms with Gasteiger partial charge in [-0.15, -0.1) is 0 Å². The summed E-state index contributed by atoms with van der Waals surface area (Å²) in [7, 11) is 0. The summed E-state index contributed by atoms with van der Waals surface area (Å²) in [5.74, 6) is -0.0372. The summed E-state index contributed by atoms with van der Waals surface area (Å²) in [4.78, 5) is 14.4. The van der Waals surface area contributed by atoms with Crippen LogP contribution in [0.5, 0.6) is 0 Å². The molecule has 0 radical (unpaired) electrons. The Hall–Kier alpha value is -1.72. The van der Waals surface area contributed by atoms with Crippen LogP contribution in [0.15, 0.2) is 29.6 Å². The molecular formula is C15H16N2O2S. The highest BCUT2D eigenvalue weighted by molar-refractivity contribution is 7.03. The first-order valence-corrected chi connectivity index (χ1v) is 7.46. The van der Waals surface area contributed by atoms with Gasteiger partial charge in [0.15, 0.2) is 0 Å². The number of carbonyl (C=O) groups excluding carboxylic acids is 1. The van der Waals surface area contributed by atoms with Crippen LogP contribution in [0.1, 0.15) is 33.2 Å². The summed E-state index contributed by atoms with van der Waals surface area (Å²) in [6, 6.07) is 7.75. The Labute approximate surface area is 121 Å². The van der Waals surface area contributed by atoms with Crippen molar-refractivity contribution in [1.82, 2.24) is 9.27 Å². The van der Waals surface area contributed by atoms with Gasteiger partial charge >= 0.3 is 0 Å². The number of aliphatic hydroxyl groups excluding tert-OH is 1. The van der Waals surface area contributed by atoms with E-state index in [1.54, 1.807) is 10.3 Å². The van der Waals surface area contributed by atoms with Crippen molar-refractivity contribution < 1.29 is 9.90 Å². The first-order chi connectivity index (χ1) is 9.72. The summed E-state index contributed by atoms with van der Waals surface area (Å²) in [5.41, 5.74) is 3.68. The fourth-order valence-corrected chi connectivity index (χ4v) is 3.43. The van der Waals surface area contributed by atoms with Gasteiger partial charge in [-0.2, -0.15) is 4.37 Å². The summed E-state index contributed by atoms with van der Waals surface area (Å²) in [6.07, 6.45) is 0.828. The number of fused-ring (bicyclic) bond motifs is 1. The molecule has 1 aliphatic rings. The molecule has 4 nitrogen and oxygen atoms in total. The van der Waals surface area contributed by atoms with E-state index < -0.39 is 0 Å². The molecule has 0 spiro atoms. The molecule has 0 aliphatic carbocycles. The maximum Gasteiger partial charge on any atom is 0.257 e. The third-order valence-corrected chi connectivity index (χ3v) is 4.55. The van der Waals surface area contributed by atoms with E-state index in [1.807, 2.05) is 25.1 Å². The molecule has 3 rings (SSSR count). The first-order valence-electron chi connectivity index (χ1n) is 6.63. The Morgan fingerprint density at radius 3 is 3.00 bits per heavy atom. The van der Waals surface area contributed by atoms with Crippen molar-refractivity contribution in [3.63, 3.8) is 0 Å². The van der Waals surface area contributed by atoms with Crippen molar-refractivity contribution in [3.8, 4) is 0 Å². The van der Waals surface area contributed by atoms with Crippen molar-refractivity contribution >= 4 is 17.4 Å². The minimum atomic E-state index is -0.258. The second-order valence-corrected chi connectivity index (χ2v) is 5.59. The molecule has 1 aromatic carbocycles. The second-order valence-electron chi connectivity index (χ2n) is 4.96. The quantitative estimate of drug-likeness (QED) is 0.921. The lowest BCUT2D eigenvalue weighted by molar-refractivity contribution is 0.0568. The van der Waals surface area contributed by atoms with Crippen molar-refractivity contribution in [1.29, 1.82) is 0 Å². The zero-order chi connectivity index (χ0) is 14.1. The molecule has 1 aromatic heterocycles. The molecule has 1 amide bonds. The van der Waals surface area contributed by atoms with Gasteiger partial charge in [-0.3, -0.25) is 4.79 Å². The maximum atomic E-state index is 12.6. The molecule has 0 saturated heterocycles. The number of benzene rings is 1. The van der Waals surface area contributed by atoms with Gasteiger partial charge in [-0.05, 0) is 36.0 Å². The number of hydrogen-bond acceptors (Lipinski definition) is 4. The van der Waals surface area contributed by atoms with Gasteiger partial charge < -0.3 is 10.0 Å². The van der Waals surface area contributed by atoms with Gasteiger partial charge in [0.1, 0.15) is 0 Å². The molecule has 104 valence electrons. The number of amides is 1. The molecule has 5 heteroatoms. The van der Waals surface area contributed by atoms with Gasteiger partial charge in [-0.25, -0.2) is 0 Å². The Bertz CT molecular complexity index is 638. The van der Waals surface area contributed by atoms with Crippen LogP contribution in [0.2, 0.25) is 0 Å². The van der Waals surface area contributed by atoms with Crippen LogP contribution in [-0.2, 0) is 6.42 Å². The van der Waals surface area contributed by atoms with E-state index in [2.05, 4.69) is 10.4 Å². The van der Waals surface area contributed by atoms with Crippen LogP contribution < -0.4 is 0 Å². The molecule has 1 N–H and O–H groups in total. The lowest BCUT2D eigenvalue weighted by Gasteiger charge is -2.36. The van der Waals surface area contributed by atoms with Gasteiger partial charge in [0.2, 0.25) is 0 Å². The molecule has 0 fully saturated rings. The number of nitrogens with zero attached hydrogens (tertiary/aromatic N) is 2. The van der Waals surface area contributed by atoms with E-state index in [0.29, 0.717) is 12.1 Å². The van der Waals surface area contributed by atoms with E-state index in [1.165, 1.54) is 17.1 Å². The van der Waals surface area contributed by atoms with Crippen LogP contribution in [0.4, 0.5) is 0 Å². The molecule has 2 aromatic rings. The van der Waals surface area contributed by atoms with E-state index in [-0.39, 0.29) is 18.6 Å². The average molecular weight is 288 g/mol. The number of hydrogen-bond donors (Lipinski definition) is 1. The Kier molecular flexibility index (Phi) is 3.54. The molecule has 1 unspecified atom stereocenters. The number of aromatic nitrogens is 1. The average Bonchev–Trinajstić information content (AvgIpc) is 2.91. The van der Waals surface area contributed by atoms with Gasteiger partial charge in [-0.1, -0.05) is 24.3 Å². The number of rotatable bonds is 2. The third-order valence-electron chi connectivity index (χ3n) is 3.83. The zero-order valence-electron chi connectivity index (χ0n) is 11.2. The molecule has 0 bridgehead atoms. The van der Waals surface area contributed by atoms with E-state index in [4.69, 9.17) is 0 Å². The highest BCUT2D eigenvalue weighted by Crippen LogP contribution is 2.31. The highest BCUT2D eigenvalue weighted by Gasteiger charge is 2.31. The van der Waals surface area contributed by atoms with E-state index in [9.17, 15) is 9.90 Å². The smallest absolute Gasteiger partial charge is 0.257 e. The summed E-state index contributed by atoms with van der Waals surface area (Å²) < 4.78 is 4.16. The van der Waals surface area contributed by atoms with Gasteiger partial charge in [0.25, 0.3) is 5.91 Å². The van der Waals surface area contributed by atoms with Crippen LogP contribution >= 0.6 is 11.5 Å². The van der Waals surface area contributed by atoms with Crippen LogP contribution in [-0.4, -0.2) is 33.4 Å². The summed E-state index contributed by atoms with van der Waals surface area (Å²) >= 11 is 1.29. The lowest BCUT2D eigenvalue weighted by atomic mass is 9.92. The van der Waals surface area contributed by atoms with Crippen LogP contribution in [0, 0.1) is 6.92 Å². The van der Waals surface area contributed by atoms with Crippen LogP contribution in [0.3, 0.4) is 0 Å². The van der Waals surface area contributed by atoms with Crippen molar-refractivity contribution in [2.45, 2.75) is 19.4 Å². The van der Waals surface area contributed by atoms with Crippen molar-refractivity contribution in [3.05, 3.63) is 52.0 Å². The minimum Gasteiger partial charge on any atom is -0.394 e. The number of aliphatic hydroxyl groups is 1. The summed E-state index contributed by atoms with van der Waals surface area (Å²) in [6.45, 7) is 2.42. The monoisotopic (exact) mass is 288 g/mol. The highest BCUT2D eigenvalue weighted by atomic mass is 32.1. The predicted molar refractivity (Wildman–Crippen MR) is 77.9 cm³/mol. The molecule has 2 heterocycles. The normalized spacial score (nSPS) is 17.9. The van der Waals surface area contributed by atoms with Gasteiger partial charge in [0.05, 0.1) is 23.9 Å². The van der Waals surface area contributed by atoms with E-state index >= 15 is 0 Å². The predicted octanol–water partition coefficient (Wildman–Crippen LogP) is 2.18. The number of aryl methyl sites for hydroxylation is 1. The molecule has 20 heavy (non-hydrogen) atoms. The Morgan fingerprint density at radius 2 is 2.30 bits per heavy atom. The zero-order valence-corrected chi connectivity index (χ0v) is 12.1. The topological polar surface area (TPSA) is 53.4 Å². The minimum absolute atomic E-state index is 0.0372. The Morgan fingerprint density at radius 1 is 1.50 bits per heavy atom. The van der Waals surface area contributed by atoms with Crippen molar-refractivity contribution in [2.75, 3.05) is 13.2 Å². The molecule has 1 aliphatic heterocycles.